The van der Waals surface area contributed by atoms with Crippen molar-refractivity contribution >= 4 is 28.6 Å². The number of hydrogen-bond acceptors (Lipinski definition) is 6. The number of nitrogens with one attached hydrogen (secondary N) is 1. The molecule has 2 aromatic rings. The van der Waals surface area contributed by atoms with Crippen LogP contribution < -0.4 is 5.43 Å². The zero-order chi connectivity index (χ0) is 17.5. The van der Waals surface area contributed by atoms with Gasteiger partial charge in [-0.15, -0.1) is 11.3 Å². The van der Waals surface area contributed by atoms with E-state index in [1.54, 1.807) is 12.1 Å². The second kappa shape index (κ2) is 8.30. The number of thiazole rings is 1. The molecule has 0 saturated heterocycles. The van der Waals surface area contributed by atoms with E-state index in [0.29, 0.717) is 17.7 Å². The van der Waals surface area contributed by atoms with E-state index in [9.17, 15) is 14.9 Å². The highest BCUT2D eigenvalue weighted by Crippen LogP contribution is 2.15. The predicted octanol–water partition coefficient (Wildman–Crippen LogP) is 3.22. The quantitative estimate of drug-likeness (QED) is 0.473. The normalized spacial score (nSPS) is 11.3. The largest absolute Gasteiger partial charge is 0.273 e. The van der Waals surface area contributed by atoms with E-state index < -0.39 is 4.92 Å². The van der Waals surface area contributed by atoms with Crippen molar-refractivity contribution in [2.45, 2.75) is 33.1 Å². The van der Waals surface area contributed by atoms with Gasteiger partial charge in [0.25, 0.3) is 5.69 Å². The van der Waals surface area contributed by atoms with Crippen LogP contribution in [-0.4, -0.2) is 21.5 Å². The Morgan fingerprint density at radius 2 is 2.25 bits per heavy atom. The number of rotatable bonds is 7. The molecule has 0 aliphatic rings. The maximum absolute atomic E-state index is 12.0. The van der Waals surface area contributed by atoms with Crippen LogP contribution in [0.2, 0.25) is 0 Å². The standard InChI is InChI=1S/C16H18N4O3S/c1-3-5-14(12-6-4-7-13(8-12)20(22)23)18-19-15(21)9-16-17-11(2)10-24-16/h4,6-8,10H,3,5,9H2,1-2H3,(H,19,21)/b18-14-. The number of aromatic nitrogens is 1. The molecule has 0 bridgehead atoms. The van der Waals surface area contributed by atoms with Gasteiger partial charge in [-0.05, 0) is 13.3 Å². The molecule has 0 spiro atoms. The predicted molar refractivity (Wildman–Crippen MR) is 93.2 cm³/mol. The zero-order valence-corrected chi connectivity index (χ0v) is 14.3. The van der Waals surface area contributed by atoms with Gasteiger partial charge in [-0.1, -0.05) is 25.5 Å². The van der Waals surface area contributed by atoms with Gasteiger partial charge >= 0.3 is 0 Å². The molecule has 7 nitrogen and oxygen atoms in total. The van der Waals surface area contributed by atoms with Crippen molar-refractivity contribution in [3.05, 3.63) is 56.0 Å². The molecular weight excluding hydrogens is 328 g/mol. The molecule has 0 radical (unpaired) electrons. The Bertz CT molecular complexity index is 770. The third-order valence-electron chi connectivity index (χ3n) is 3.17. The lowest BCUT2D eigenvalue weighted by molar-refractivity contribution is -0.384. The van der Waals surface area contributed by atoms with Crippen LogP contribution in [-0.2, 0) is 11.2 Å². The number of nitro benzene ring substituents is 1. The topological polar surface area (TPSA) is 97.5 Å². The zero-order valence-electron chi connectivity index (χ0n) is 13.5. The van der Waals surface area contributed by atoms with Gasteiger partial charge in [0.1, 0.15) is 5.01 Å². The van der Waals surface area contributed by atoms with Crippen molar-refractivity contribution < 1.29 is 9.72 Å². The maximum atomic E-state index is 12.0. The van der Waals surface area contributed by atoms with Crippen LogP contribution in [0, 0.1) is 17.0 Å². The number of non-ortho nitro benzene ring substituents is 1. The molecule has 8 heteroatoms. The number of aryl methyl sites for hydroxylation is 1. The highest BCUT2D eigenvalue weighted by molar-refractivity contribution is 7.09. The summed E-state index contributed by atoms with van der Waals surface area (Å²) in [7, 11) is 0. The number of nitro groups is 1. The van der Waals surface area contributed by atoms with E-state index in [-0.39, 0.29) is 18.0 Å². The molecule has 1 amide bonds. The molecular formula is C16H18N4O3S. The van der Waals surface area contributed by atoms with Gasteiger partial charge in [0, 0.05) is 28.8 Å². The summed E-state index contributed by atoms with van der Waals surface area (Å²) >= 11 is 1.43. The summed E-state index contributed by atoms with van der Waals surface area (Å²) < 4.78 is 0. The first-order chi connectivity index (χ1) is 11.5. The first kappa shape index (κ1) is 17.7. The monoisotopic (exact) mass is 346 g/mol. The molecule has 0 aliphatic carbocycles. The van der Waals surface area contributed by atoms with Crippen LogP contribution in [0.5, 0.6) is 0 Å². The highest BCUT2D eigenvalue weighted by atomic mass is 32.1. The molecule has 0 fully saturated rings. The average Bonchev–Trinajstić information content (AvgIpc) is 2.96. The number of amides is 1. The summed E-state index contributed by atoms with van der Waals surface area (Å²) in [5.74, 6) is -0.261. The summed E-state index contributed by atoms with van der Waals surface area (Å²) in [6.45, 7) is 3.85. The molecule has 0 unspecified atom stereocenters. The van der Waals surface area contributed by atoms with E-state index in [4.69, 9.17) is 0 Å². The molecule has 24 heavy (non-hydrogen) atoms. The van der Waals surface area contributed by atoms with Gasteiger partial charge in [-0.3, -0.25) is 14.9 Å². The van der Waals surface area contributed by atoms with E-state index in [0.717, 1.165) is 17.1 Å². The average molecular weight is 346 g/mol. The molecule has 0 atom stereocenters. The van der Waals surface area contributed by atoms with Crippen LogP contribution in [0.15, 0.2) is 34.7 Å². The van der Waals surface area contributed by atoms with Crippen LogP contribution in [0.4, 0.5) is 5.69 Å². The van der Waals surface area contributed by atoms with Gasteiger partial charge in [0.15, 0.2) is 0 Å². The Labute approximate surface area is 143 Å². The Morgan fingerprint density at radius 3 is 2.88 bits per heavy atom. The molecule has 1 N–H and O–H groups in total. The van der Waals surface area contributed by atoms with E-state index in [1.165, 1.54) is 23.5 Å². The van der Waals surface area contributed by atoms with Crippen molar-refractivity contribution in [3.63, 3.8) is 0 Å². The molecule has 0 saturated carbocycles. The first-order valence-corrected chi connectivity index (χ1v) is 8.38. The van der Waals surface area contributed by atoms with E-state index in [2.05, 4.69) is 15.5 Å². The van der Waals surface area contributed by atoms with Crippen LogP contribution in [0.25, 0.3) is 0 Å². The Hall–Kier alpha value is -2.61. The second-order valence-electron chi connectivity index (χ2n) is 5.21. The Morgan fingerprint density at radius 1 is 1.46 bits per heavy atom. The number of hydrazone groups is 1. The van der Waals surface area contributed by atoms with Gasteiger partial charge < -0.3 is 0 Å². The molecule has 2 rings (SSSR count). The van der Waals surface area contributed by atoms with Crippen molar-refractivity contribution in [1.29, 1.82) is 0 Å². The van der Waals surface area contributed by atoms with Crippen LogP contribution >= 0.6 is 11.3 Å². The Kier molecular flexibility index (Phi) is 6.14. The fourth-order valence-corrected chi connectivity index (χ4v) is 2.86. The molecule has 1 aromatic carbocycles. The van der Waals surface area contributed by atoms with E-state index >= 15 is 0 Å². The van der Waals surface area contributed by atoms with Crippen molar-refractivity contribution in [2.75, 3.05) is 0 Å². The number of hydrogen-bond donors (Lipinski definition) is 1. The number of carbonyl (C=O) groups excluding carboxylic acids is 1. The smallest absolute Gasteiger partial charge is 0.270 e. The third kappa shape index (κ3) is 4.95. The van der Waals surface area contributed by atoms with Crippen LogP contribution in [0.3, 0.4) is 0 Å². The minimum absolute atomic E-state index is 0.000824. The fourth-order valence-electron chi connectivity index (χ4n) is 2.09. The summed E-state index contributed by atoms with van der Waals surface area (Å²) in [5, 5.41) is 17.7. The lowest BCUT2D eigenvalue weighted by Gasteiger charge is -2.06. The lowest BCUT2D eigenvalue weighted by Crippen LogP contribution is -2.22. The molecule has 0 aliphatic heterocycles. The second-order valence-corrected chi connectivity index (χ2v) is 6.15. The summed E-state index contributed by atoms with van der Waals surface area (Å²) in [4.78, 5) is 26.7. The molecule has 1 heterocycles. The number of nitrogens with zero attached hydrogens (tertiary/aromatic N) is 3. The van der Waals surface area contributed by atoms with Crippen molar-refractivity contribution in [2.24, 2.45) is 5.10 Å². The summed E-state index contributed by atoms with van der Waals surface area (Å²) in [5.41, 5.74) is 4.65. The first-order valence-electron chi connectivity index (χ1n) is 7.50. The highest BCUT2D eigenvalue weighted by Gasteiger charge is 2.11. The van der Waals surface area contributed by atoms with Crippen molar-refractivity contribution in [1.82, 2.24) is 10.4 Å². The number of benzene rings is 1. The SMILES string of the molecule is CCC/C(=N/NC(=O)Cc1nc(C)cs1)c1cccc([N+](=O)[O-])c1. The minimum atomic E-state index is -0.448. The number of carbonyl (C=O) groups is 1. The van der Waals surface area contributed by atoms with Gasteiger partial charge in [-0.25, -0.2) is 10.4 Å². The van der Waals surface area contributed by atoms with Gasteiger partial charge in [-0.2, -0.15) is 5.10 Å². The minimum Gasteiger partial charge on any atom is -0.273 e. The van der Waals surface area contributed by atoms with Crippen molar-refractivity contribution in [3.8, 4) is 0 Å². The summed E-state index contributed by atoms with van der Waals surface area (Å²) in [6, 6.07) is 6.25. The lowest BCUT2D eigenvalue weighted by atomic mass is 10.1. The fraction of sp³-hybridized carbons (Fsp3) is 0.312. The van der Waals surface area contributed by atoms with Gasteiger partial charge in [0.2, 0.25) is 5.91 Å². The Balaban J connectivity index is 2.11. The molecule has 1 aromatic heterocycles. The van der Waals surface area contributed by atoms with Crippen LogP contribution in [0.1, 0.15) is 36.0 Å². The third-order valence-corrected chi connectivity index (χ3v) is 4.14. The van der Waals surface area contributed by atoms with E-state index in [1.807, 2.05) is 19.2 Å². The maximum Gasteiger partial charge on any atom is 0.270 e. The van der Waals surface area contributed by atoms with Gasteiger partial charge in [0.05, 0.1) is 17.1 Å². The molecule has 126 valence electrons. The summed E-state index contributed by atoms with van der Waals surface area (Å²) in [6.07, 6.45) is 1.58.